The molecule has 26 heavy (non-hydrogen) atoms. The number of benzene rings is 2. The van der Waals surface area contributed by atoms with E-state index in [0.717, 1.165) is 5.56 Å². The zero-order chi connectivity index (χ0) is 18.7. The Balaban J connectivity index is 1.78. The van der Waals surface area contributed by atoms with E-state index in [-0.39, 0.29) is 5.91 Å². The number of carbonyl (C=O) groups is 1. The second-order valence-electron chi connectivity index (χ2n) is 5.69. The first kappa shape index (κ1) is 18.8. The van der Waals surface area contributed by atoms with Crippen molar-refractivity contribution in [1.82, 2.24) is 10.5 Å². The predicted molar refractivity (Wildman–Crippen MR) is 104 cm³/mol. The average molecular weight is 410 g/mol. The number of nitrogens with zero attached hydrogens (tertiary/aromatic N) is 1. The number of nitrogens with one attached hydrogen (secondary N) is 1. The van der Waals surface area contributed by atoms with Crippen LogP contribution < -0.4 is 5.32 Å². The largest absolute Gasteiger partial charge is 0.360 e. The summed E-state index contributed by atoms with van der Waals surface area (Å²) in [7, 11) is 0. The molecule has 1 aromatic heterocycles. The van der Waals surface area contributed by atoms with Gasteiger partial charge in [-0.2, -0.15) is 0 Å². The molecule has 3 rings (SSSR count). The molecule has 0 bridgehead atoms. The molecule has 0 unspecified atom stereocenters. The van der Waals surface area contributed by atoms with Crippen LogP contribution in [0.4, 0.5) is 0 Å². The summed E-state index contributed by atoms with van der Waals surface area (Å²) < 4.78 is 5.22. The van der Waals surface area contributed by atoms with E-state index in [0.29, 0.717) is 50.6 Å². The molecule has 7 heteroatoms. The van der Waals surface area contributed by atoms with Crippen LogP contribution in [0.25, 0.3) is 11.3 Å². The Kier molecular flexibility index (Phi) is 5.87. The van der Waals surface area contributed by atoms with Crippen LogP contribution in [0.1, 0.15) is 21.7 Å². The van der Waals surface area contributed by atoms with Crippen molar-refractivity contribution in [2.75, 3.05) is 6.54 Å². The Morgan fingerprint density at radius 3 is 2.38 bits per heavy atom. The van der Waals surface area contributed by atoms with Crippen LogP contribution in [0, 0.1) is 6.92 Å². The summed E-state index contributed by atoms with van der Waals surface area (Å²) >= 11 is 18.4. The van der Waals surface area contributed by atoms with Gasteiger partial charge in [0, 0.05) is 17.1 Å². The van der Waals surface area contributed by atoms with E-state index in [9.17, 15) is 4.79 Å². The normalized spacial score (nSPS) is 10.8. The fourth-order valence-corrected chi connectivity index (χ4v) is 3.30. The number of halogens is 3. The number of amides is 1. The number of aryl methyl sites for hydroxylation is 1. The topological polar surface area (TPSA) is 55.1 Å². The summed E-state index contributed by atoms with van der Waals surface area (Å²) in [5, 5.41) is 8.35. The Bertz CT molecular complexity index is 916. The van der Waals surface area contributed by atoms with Gasteiger partial charge >= 0.3 is 0 Å². The molecule has 3 aromatic rings. The summed E-state index contributed by atoms with van der Waals surface area (Å²) in [6.07, 6.45) is 0.676. The number of carbonyl (C=O) groups excluding carboxylic acids is 1. The lowest BCUT2D eigenvalue weighted by Crippen LogP contribution is -2.26. The standard InChI is InChI=1S/C19H15Cl3N2O2/c1-11-16(18(24-26-11)17-14(21)3-2-4-15(17)22)19(25)23-10-9-12-5-7-13(20)8-6-12/h2-8H,9-10H2,1H3,(H,23,25). The minimum Gasteiger partial charge on any atom is -0.360 e. The van der Waals surface area contributed by atoms with Crippen molar-refractivity contribution in [2.24, 2.45) is 0 Å². The van der Waals surface area contributed by atoms with Gasteiger partial charge in [-0.05, 0) is 43.2 Å². The second-order valence-corrected chi connectivity index (χ2v) is 6.94. The Hall–Kier alpha value is -2.01. The first-order chi connectivity index (χ1) is 12.5. The highest BCUT2D eigenvalue weighted by Gasteiger charge is 2.24. The minimum absolute atomic E-state index is 0.288. The predicted octanol–water partition coefficient (Wildman–Crippen LogP) is 5.58. The lowest BCUT2D eigenvalue weighted by Gasteiger charge is -2.08. The molecule has 0 radical (unpaired) electrons. The van der Waals surface area contributed by atoms with Crippen molar-refractivity contribution >= 4 is 40.7 Å². The molecule has 0 saturated carbocycles. The molecule has 1 heterocycles. The highest BCUT2D eigenvalue weighted by Crippen LogP contribution is 2.36. The van der Waals surface area contributed by atoms with Crippen LogP contribution in [0.3, 0.4) is 0 Å². The zero-order valence-corrected chi connectivity index (χ0v) is 16.1. The SMILES string of the molecule is Cc1onc(-c2c(Cl)cccc2Cl)c1C(=O)NCCc1ccc(Cl)cc1. The maximum Gasteiger partial charge on any atom is 0.257 e. The fourth-order valence-electron chi connectivity index (χ4n) is 2.59. The van der Waals surface area contributed by atoms with Crippen LogP contribution in [0.5, 0.6) is 0 Å². The van der Waals surface area contributed by atoms with Crippen molar-refractivity contribution in [3.63, 3.8) is 0 Å². The lowest BCUT2D eigenvalue weighted by atomic mass is 10.1. The zero-order valence-electron chi connectivity index (χ0n) is 13.9. The van der Waals surface area contributed by atoms with Gasteiger partial charge in [-0.15, -0.1) is 0 Å². The third-order valence-electron chi connectivity index (χ3n) is 3.90. The van der Waals surface area contributed by atoms with Crippen LogP contribution in [0.2, 0.25) is 15.1 Å². The molecule has 0 spiro atoms. The fraction of sp³-hybridized carbons (Fsp3) is 0.158. The molecular formula is C19H15Cl3N2O2. The summed E-state index contributed by atoms with van der Waals surface area (Å²) in [5.41, 5.74) is 2.22. The summed E-state index contributed by atoms with van der Waals surface area (Å²) in [6.45, 7) is 2.14. The van der Waals surface area contributed by atoms with E-state index in [1.807, 2.05) is 24.3 Å². The Morgan fingerprint density at radius 1 is 1.08 bits per heavy atom. The van der Waals surface area contributed by atoms with Crippen molar-refractivity contribution in [3.05, 3.63) is 74.4 Å². The van der Waals surface area contributed by atoms with Crippen molar-refractivity contribution in [1.29, 1.82) is 0 Å². The summed E-state index contributed by atoms with van der Waals surface area (Å²) in [6, 6.07) is 12.6. The molecule has 1 amide bonds. The number of rotatable bonds is 5. The highest BCUT2D eigenvalue weighted by atomic mass is 35.5. The summed E-state index contributed by atoms with van der Waals surface area (Å²) in [4.78, 5) is 12.7. The van der Waals surface area contributed by atoms with E-state index < -0.39 is 0 Å². The maximum atomic E-state index is 12.7. The van der Waals surface area contributed by atoms with Crippen LogP contribution >= 0.6 is 34.8 Å². The first-order valence-electron chi connectivity index (χ1n) is 7.90. The number of hydrogen-bond acceptors (Lipinski definition) is 3. The van der Waals surface area contributed by atoms with Crippen LogP contribution in [-0.2, 0) is 6.42 Å². The molecule has 0 saturated heterocycles. The minimum atomic E-state index is -0.288. The van der Waals surface area contributed by atoms with Gasteiger partial charge in [0.1, 0.15) is 17.0 Å². The van der Waals surface area contributed by atoms with Gasteiger partial charge in [0.05, 0.1) is 10.0 Å². The van der Waals surface area contributed by atoms with E-state index in [1.165, 1.54) is 0 Å². The number of aromatic nitrogens is 1. The molecular weight excluding hydrogens is 395 g/mol. The molecule has 0 fully saturated rings. The second kappa shape index (κ2) is 8.12. The van der Waals surface area contributed by atoms with Crippen molar-refractivity contribution in [2.45, 2.75) is 13.3 Å². The van der Waals surface area contributed by atoms with Gasteiger partial charge in [0.15, 0.2) is 0 Å². The van der Waals surface area contributed by atoms with Crippen LogP contribution in [0.15, 0.2) is 47.0 Å². The van der Waals surface area contributed by atoms with E-state index >= 15 is 0 Å². The highest BCUT2D eigenvalue weighted by molar-refractivity contribution is 6.39. The van der Waals surface area contributed by atoms with E-state index in [4.69, 9.17) is 39.3 Å². The molecule has 0 atom stereocenters. The molecule has 0 aliphatic rings. The van der Waals surface area contributed by atoms with Gasteiger partial charge in [-0.25, -0.2) is 0 Å². The average Bonchev–Trinajstić information content (AvgIpc) is 2.98. The van der Waals surface area contributed by atoms with Crippen LogP contribution in [-0.4, -0.2) is 17.6 Å². The van der Waals surface area contributed by atoms with Gasteiger partial charge in [-0.3, -0.25) is 4.79 Å². The molecule has 4 nitrogen and oxygen atoms in total. The molecule has 0 aliphatic heterocycles. The molecule has 1 N–H and O–H groups in total. The Labute approximate surface area is 166 Å². The van der Waals surface area contributed by atoms with Gasteiger partial charge in [0.2, 0.25) is 0 Å². The molecule has 0 aliphatic carbocycles. The quantitative estimate of drug-likeness (QED) is 0.598. The number of hydrogen-bond donors (Lipinski definition) is 1. The summed E-state index contributed by atoms with van der Waals surface area (Å²) in [5.74, 6) is 0.115. The molecule has 134 valence electrons. The third-order valence-corrected chi connectivity index (χ3v) is 4.78. The maximum absolute atomic E-state index is 12.7. The van der Waals surface area contributed by atoms with Gasteiger partial charge < -0.3 is 9.84 Å². The van der Waals surface area contributed by atoms with Crippen molar-refractivity contribution < 1.29 is 9.32 Å². The third kappa shape index (κ3) is 4.04. The Morgan fingerprint density at radius 2 is 1.73 bits per heavy atom. The van der Waals surface area contributed by atoms with Gasteiger partial charge in [-0.1, -0.05) is 58.2 Å². The molecule has 2 aromatic carbocycles. The first-order valence-corrected chi connectivity index (χ1v) is 9.04. The van der Waals surface area contributed by atoms with E-state index in [2.05, 4.69) is 10.5 Å². The van der Waals surface area contributed by atoms with Gasteiger partial charge in [0.25, 0.3) is 5.91 Å². The van der Waals surface area contributed by atoms with E-state index in [1.54, 1.807) is 25.1 Å². The van der Waals surface area contributed by atoms with Crippen molar-refractivity contribution in [3.8, 4) is 11.3 Å². The monoisotopic (exact) mass is 408 g/mol. The smallest absolute Gasteiger partial charge is 0.257 e. The lowest BCUT2D eigenvalue weighted by molar-refractivity contribution is 0.0953.